The van der Waals surface area contributed by atoms with E-state index in [1.807, 2.05) is 24.3 Å². The van der Waals surface area contributed by atoms with Crippen LogP contribution in [0, 0.1) is 0 Å². The van der Waals surface area contributed by atoms with Crippen molar-refractivity contribution < 1.29 is 24.2 Å². The highest BCUT2D eigenvalue weighted by molar-refractivity contribution is 6.10. The highest BCUT2D eigenvalue weighted by Gasteiger charge is 2.25. The van der Waals surface area contributed by atoms with E-state index in [-0.39, 0.29) is 17.0 Å². The van der Waals surface area contributed by atoms with E-state index >= 15 is 0 Å². The Bertz CT molecular complexity index is 1010. The summed E-state index contributed by atoms with van der Waals surface area (Å²) in [5, 5.41) is 12.1. The first-order valence-electron chi connectivity index (χ1n) is 7.42. The molecule has 3 rings (SSSR count). The molecule has 128 valence electrons. The first-order chi connectivity index (χ1) is 12.0. The number of rotatable bonds is 4. The van der Waals surface area contributed by atoms with Gasteiger partial charge in [0.1, 0.15) is 11.8 Å². The molecule has 2 N–H and O–H groups in total. The van der Waals surface area contributed by atoms with Crippen molar-refractivity contribution in [3.05, 3.63) is 53.9 Å². The van der Waals surface area contributed by atoms with Crippen molar-refractivity contribution in [1.29, 1.82) is 0 Å². The first-order valence-corrected chi connectivity index (χ1v) is 7.42. The number of nitrogens with one attached hydrogen (secondary N) is 1. The van der Waals surface area contributed by atoms with Crippen molar-refractivity contribution in [3.63, 3.8) is 0 Å². The molecule has 0 bridgehead atoms. The summed E-state index contributed by atoms with van der Waals surface area (Å²) in [4.78, 5) is 31.0. The van der Waals surface area contributed by atoms with Crippen LogP contribution in [-0.2, 0) is 14.3 Å². The monoisotopic (exact) mass is 340 g/mol. The van der Waals surface area contributed by atoms with Gasteiger partial charge in [-0.05, 0) is 12.1 Å². The standard InChI is InChI=1S/C18H16N2O5/c1-9(17(22)24-2)16(21)15-14-11(8-13(20-15)18(23)25-3)10-6-4-5-7-12(10)19-14/h4-8,16,19,21H,1H2,2-3H3. The lowest BCUT2D eigenvalue weighted by Crippen LogP contribution is -2.15. The number of para-hydroxylation sites is 1. The number of H-pyrrole nitrogens is 1. The second-order valence-electron chi connectivity index (χ2n) is 5.40. The highest BCUT2D eigenvalue weighted by Crippen LogP contribution is 2.32. The number of aromatic nitrogens is 2. The van der Waals surface area contributed by atoms with Gasteiger partial charge < -0.3 is 19.6 Å². The van der Waals surface area contributed by atoms with E-state index in [0.717, 1.165) is 10.9 Å². The fourth-order valence-corrected chi connectivity index (χ4v) is 2.69. The van der Waals surface area contributed by atoms with Gasteiger partial charge in [0.15, 0.2) is 0 Å². The van der Waals surface area contributed by atoms with Crippen molar-refractivity contribution in [2.24, 2.45) is 0 Å². The quantitative estimate of drug-likeness (QED) is 0.558. The molecule has 25 heavy (non-hydrogen) atoms. The summed E-state index contributed by atoms with van der Waals surface area (Å²) in [5.41, 5.74) is 1.25. The third-order valence-corrected chi connectivity index (χ3v) is 3.96. The van der Waals surface area contributed by atoms with Gasteiger partial charge in [0, 0.05) is 16.3 Å². The Morgan fingerprint density at radius 2 is 1.92 bits per heavy atom. The fraction of sp³-hybridized carbons (Fsp3) is 0.167. The van der Waals surface area contributed by atoms with Crippen LogP contribution in [0.4, 0.5) is 0 Å². The SMILES string of the molecule is C=C(C(=O)OC)C(O)c1nc(C(=O)OC)cc2c1[nH]c1ccccc12. The van der Waals surface area contributed by atoms with E-state index in [1.54, 1.807) is 6.07 Å². The molecule has 0 spiro atoms. The zero-order valence-electron chi connectivity index (χ0n) is 13.7. The van der Waals surface area contributed by atoms with Crippen LogP contribution in [0.2, 0.25) is 0 Å². The van der Waals surface area contributed by atoms with Crippen LogP contribution in [-0.4, -0.2) is 41.2 Å². The second-order valence-corrected chi connectivity index (χ2v) is 5.40. The zero-order valence-corrected chi connectivity index (χ0v) is 13.7. The van der Waals surface area contributed by atoms with E-state index in [1.165, 1.54) is 14.2 Å². The predicted octanol–water partition coefficient (Wildman–Crippen LogP) is 2.27. The maximum absolute atomic E-state index is 12.0. The van der Waals surface area contributed by atoms with E-state index in [4.69, 9.17) is 4.74 Å². The van der Waals surface area contributed by atoms with Crippen molar-refractivity contribution in [3.8, 4) is 0 Å². The van der Waals surface area contributed by atoms with Crippen LogP contribution in [0.3, 0.4) is 0 Å². The molecule has 0 aliphatic rings. The summed E-state index contributed by atoms with van der Waals surface area (Å²) in [5.74, 6) is -1.41. The smallest absolute Gasteiger partial charge is 0.356 e. The summed E-state index contributed by atoms with van der Waals surface area (Å²) in [6, 6.07) is 9.03. The Hall–Kier alpha value is -3.19. The summed E-state index contributed by atoms with van der Waals surface area (Å²) >= 11 is 0. The third kappa shape index (κ3) is 2.74. The molecule has 0 aliphatic carbocycles. The molecule has 0 fully saturated rings. The third-order valence-electron chi connectivity index (χ3n) is 3.96. The molecule has 1 unspecified atom stereocenters. The molecule has 7 nitrogen and oxygen atoms in total. The van der Waals surface area contributed by atoms with E-state index in [9.17, 15) is 14.7 Å². The number of methoxy groups -OCH3 is 2. The number of benzene rings is 1. The number of hydrogen-bond acceptors (Lipinski definition) is 6. The second kappa shape index (κ2) is 6.37. The molecule has 3 aromatic rings. The topological polar surface area (TPSA) is 102 Å². The maximum atomic E-state index is 12.0. The van der Waals surface area contributed by atoms with Crippen LogP contribution >= 0.6 is 0 Å². The number of carbonyl (C=O) groups excluding carboxylic acids is 2. The summed E-state index contributed by atoms with van der Waals surface area (Å²) in [7, 11) is 2.43. The summed E-state index contributed by atoms with van der Waals surface area (Å²) < 4.78 is 9.33. The molecular formula is C18H16N2O5. The van der Waals surface area contributed by atoms with Crippen LogP contribution < -0.4 is 0 Å². The van der Waals surface area contributed by atoms with E-state index < -0.39 is 18.0 Å². The molecule has 1 atom stereocenters. The average molecular weight is 340 g/mol. The molecule has 2 aromatic heterocycles. The molecular weight excluding hydrogens is 324 g/mol. The molecule has 0 amide bonds. The van der Waals surface area contributed by atoms with Gasteiger partial charge in [-0.3, -0.25) is 0 Å². The Kier molecular flexibility index (Phi) is 4.24. The molecule has 2 heterocycles. The molecule has 1 aromatic carbocycles. The largest absolute Gasteiger partial charge is 0.466 e. The molecule has 0 saturated heterocycles. The minimum Gasteiger partial charge on any atom is -0.466 e. The maximum Gasteiger partial charge on any atom is 0.356 e. The Morgan fingerprint density at radius 3 is 2.60 bits per heavy atom. The number of aromatic amines is 1. The number of esters is 2. The molecule has 0 aliphatic heterocycles. The van der Waals surface area contributed by atoms with E-state index in [2.05, 4.69) is 21.3 Å². The number of fused-ring (bicyclic) bond motifs is 3. The lowest BCUT2D eigenvalue weighted by molar-refractivity contribution is -0.137. The van der Waals surface area contributed by atoms with Crippen LogP contribution in [0.1, 0.15) is 22.3 Å². The summed E-state index contributed by atoms with van der Waals surface area (Å²) in [6.45, 7) is 3.56. The van der Waals surface area contributed by atoms with Crippen LogP contribution in [0.15, 0.2) is 42.5 Å². The predicted molar refractivity (Wildman–Crippen MR) is 91.1 cm³/mol. The van der Waals surface area contributed by atoms with Gasteiger partial charge >= 0.3 is 11.9 Å². The van der Waals surface area contributed by atoms with Crippen molar-refractivity contribution >= 4 is 33.7 Å². The van der Waals surface area contributed by atoms with Crippen molar-refractivity contribution in [1.82, 2.24) is 9.97 Å². The normalized spacial score (nSPS) is 12.1. The van der Waals surface area contributed by atoms with Crippen LogP contribution in [0.25, 0.3) is 21.8 Å². The Morgan fingerprint density at radius 1 is 1.20 bits per heavy atom. The summed E-state index contributed by atoms with van der Waals surface area (Å²) in [6.07, 6.45) is -1.44. The van der Waals surface area contributed by atoms with Gasteiger partial charge in [-0.15, -0.1) is 0 Å². The van der Waals surface area contributed by atoms with Gasteiger partial charge in [0.2, 0.25) is 0 Å². The lowest BCUT2D eigenvalue weighted by atomic mass is 10.0. The molecule has 7 heteroatoms. The number of pyridine rings is 1. The zero-order chi connectivity index (χ0) is 18.1. The number of nitrogens with zero attached hydrogens (tertiary/aromatic N) is 1. The fourth-order valence-electron chi connectivity index (χ4n) is 2.69. The Labute approximate surface area is 142 Å². The van der Waals surface area contributed by atoms with Gasteiger partial charge in [-0.1, -0.05) is 24.8 Å². The van der Waals surface area contributed by atoms with Crippen LogP contribution in [0.5, 0.6) is 0 Å². The van der Waals surface area contributed by atoms with E-state index in [0.29, 0.717) is 10.9 Å². The highest BCUT2D eigenvalue weighted by atomic mass is 16.5. The molecule has 0 radical (unpaired) electrons. The number of aliphatic hydroxyl groups excluding tert-OH is 1. The minimum atomic E-state index is -1.44. The molecule has 0 saturated carbocycles. The number of carbonyl (C=O) groups is 2. The van der Waals surface area contributed by atoms with Gasteiger partial charge in [0.05, 0.1) is 31.0 Å². The number of ether oxygens (including phenoxy) is 2. The van der Waals surface area contributed by atoms with Gasteiger partial charge in [-0.25, -0.2) is 14.6 Å². The number of hydrogen-bond donors (Lipinski definition) is 2. The lowest BCUT2D eigenvalue weighted by Gasteiger charge is -2.13. The Balaban J connectivity index is 2.30. The van der Waals surface area contributed by atoms with Crippen molar-refractivity contribution in [2.75, 3.05) is 14.2 Å². The minimum absolute atomic E-state index is 0.0199. The van der Waals surface area contributed by atoms with Gasteiger partial charge in [-0.2, -0.15) is 0 Å². The van der Waals surface area contributed by atoms with Gasteiger partial charge in [0.25, 0.3) is 0 Å². The van der Waals surface area contributed by atoms with Crippen molar-refractivity contribution in [2.45, 2.75) is 6.10 Å². The average Bonchev–Trinajstić information content (AvgIpc) is 3.03. The number of aliphatic hydroxyl groups is 1. The first kappa shape index (κ1) is 16.7.